The number of nitrogens with two attached hydrogens (primary N) is 1. The van der Waals surface area contributed by atoms with Crippen molar-refractivity contribution in [3.05, 3.63) is 41.3 Å². The van der Waals surface area contributed by atoms with Crippen LogP contribution in [0.1, 0.15) is 29.8 Å². The molecule has 0 spiro atoms. The summed E-state index contributed by atoms with van der Waals surface area (Å²) in [5.74, 6) is 1.37. The highest BCUT2D eigenvalue weighted by molar-refractivity contribution is 5.53. The molecule has 3 N–H and O–H groups in total. The Bertz CT molecular complexity index is 738. The van der Waals surface area contributed by atoms with E-state index < -0.39 is 0 Å². The van der Waals surface area contributed by atoms with E-state index in [1.54, 1.807) is 6.20 Å². The molecule has 0 aliphatic carbocycles. The summed E-state index contributed by atoms with van der Waals surface area (Å²) in [6.45, 7) is 4.27. The number of nitrogen functional groups attached to an aromatic ring is 1. The van der Waals surface area contributed by atoms with Crippen LogP contribution in [0.2, 0.25) is 0 Å². The third kappa shape index (κ3) is 3.94. The molecule has 1 fully saturated rings. The number of anilines is 2. The van der Waals surface area contributed by atoms with Crippen LogP contribution in [-0.4, -0.2) is 47.2 Å². The van der Waals surface area contributed by atoms with Gasteiger partial charge in [0.15, 0.2) is 0 Å². The van der Waals surface area contributed by atoms with E-state index in [2.05, 4.69) is 25.2 Å². The molecule has 2 aliphatic rings. The molecule has 7 nitrogen and oxygen atoms in total. The van der Waals surface area contributed by atoms with E-state index in [0.29, 0.717) is 12.6 Å². The number of hydrogen-bond acceptors (Lipinski definition) is 7. The molecule has 0 amide bonds. The van der Waals surface area contributed by atoms with Crippen molar-refractivity contribution >= 4 is 11.8 Å². The molecule has 2 aliphatic heterocycles. The molecule has 2 aromatic heterocycles. The van der Waals surface area contributed by atoms with E-state index in [1.165, 1.54) is 5.56 Å². The van der Waals surface area contributed by atoms with Gasteiger partial charge < -0.3 is 20.7 Å². The quantitative estimate of drug-likeness (QED) is 0.856. The van der Waals surface area contributed by atoms with Crippen molar-refractivity contribution in [2.75, 3.05) is 36.8 Å². The minimum atomic E-state index is 0.182. The molecule has 26 heavy (non-hydrogen) atoms. The van der Waals surface area contributed by atoms with E-state index in [4.69, 9.17) is 10.5 Å². The second-order valence-electron chi connectivity index (χ2n) is 6.92. The number of pyridine rings is 1. The Hall–Kier alpha value is -2.25. The van der Waals surface area contributed by atoms with Crippen molar-refractivity contribution in [2.45, 2.75) is 38.4 Å². The second-order valence-corrected chi connectivity index (χ2v) is 6.92. The summed E-state index contributed by atoms with van der Waals surface area (Å²) in [5.41, 5.74) is 9.31. The topological polar surface area (TPSA) is 89.2 Å². The monoisotopic (exact) mass is 354 g/mol. The molecular weight excluding hydrogens is 328 g/mol. The third-order valence-electron chi connectivity index (χ3n) is 5.05. The summed E-state index contributed by atoms with van der Waals surface area (Å²) >= 11 is 0. The zero-order chi connectivity index (χ0) is 17.8. The maximum atomic E-state index is 6.13. The minimum Gasteiger partial charge on any atom is -0.370 e. The van der Waals surface area contributed by atoms with E-state index in [1.807, 2.05) is 18.2 Å². The number of nitrogens with one attached hydrogen (secondary N) is 1. The van der Waals surface area contributed by atoms with Crippen LogP contribution in [0, 0.1) is 0 Å². The summed E-state index contributed by atoms with van der Waals surface area (Å²) in [6.07, 6.45) is 5.99. The van der Waals surface area contributed by atoms with Crippen LogP contribution in [0.25, 0.3) is 0 Å². The number of hydrogen-bond donors (Lipinski definition) is 2. The Labute approximate surface area is 154 Å². The van der Waals surface area contributed by atoms with Crippen LogP contribution in [0.4, 0.5) is 11.8 Å². The molecular formula is C19H26N6O. The first-order valence-electron chi connectivity index (χ1n) is 9.42. The van der Waals surface area contributed by atoms with Crippen LogP contribution < -0.4 is 16.0 Å². The smallest absolute Gasteiger partial charge is 0.222 e. The van der Waals surface area contributed by atoms with Gasteiger partial charge in [0.05, 0.1) is 24.1 Å². The van der Waals surface area contributed by atoms with Gasteiger partial charge in [-0.1, -0.05) is 6.07 Å². The molecule has 0 radical (unpaired) electrons. The van der Waals surface area contributed by atoms with Gasteiger partial charge in [-0.3, -0.25) is 4.98 Å². The summed E-state index contributed by atoms with van der Waals surface area (Å²) in [5, 5.41) is 3.43. The SMILES string of the molecule is Nc1nc2c(c(N3CCC[C@H](OCc4ccccn4)C3)n1)CCNCC2. The highest BCUT2D eigenvalue weighted by Crippen LogP contribution is 2.27. The molecule has 2 aromatic rings. The van der Waals surface area contributed by atoms with Gasteiger partial charge in [-0.05, 0) is 37.9 Å². The maximum absolute atomic E-state index is 6.13. The summed E-state index contributed by atoms with van der Waals surface area (Å²) in [7, 11) is 0. The van der Waals surface area contributed by atoms with Gasteiger partial charge in [0.1, 0.15) is 5.82 Å². The van der Waals surface area contributed by atoms with Crippen LogP contribution in [-0.2, 0) is 24.2 Å². The van der Waals surface area contributed by atoms with Gasteiger partial charge in [-0.15, -0.1) is 0 Å². The normalized spacial score (nSPS) is 20.5. The lowest BCUT2D eigenvalue weighted by Crippen LogP contribution is -2.41. The Morgan fingerprint density at radius 2 is 2.15 bits per heavy atom. The molecule has 7 heteroatoms. The van der Waals surface area contributed by atoms with Crippen molar-refractivity contribution in [1.29, 1.82) is 0 Å². The molecule has 0 unspecified atom stereocenters. The van der Waals surface area contributed by atoms with E-state index in [9.17, 15) is 0 Å². The predicted octanol–water partition coefficient (Wildman–Crippen LogP) is 1.33. The van der Waals surface area contributed by atoms with E-state index in [0.717, 1.165) is 69.1 Å². The first-order chi connectivity index (χ1) is 12.8. The molecule has 4 heterocycles. The van der Waals surface area contributed by atoms with Crippen molar-refractivity contribution in [2.24, 2.45) is 0 Å². The highest BCUT2D eigenvalue weighted by atomic mass is 16.5. The average molecular weight is 354 g/mol. The first kappa shape index (κ1) is 17.2. The number of aromatic nitrogens is 3. The van der Waals surface area contributed by atoms with Crippen LogP contribution in [0.3, 0.4) is 0 Å². The van der Waals surface area contributed by atoms with Crippen LogP contribution in [0.15, 0.2) is 24.4 Å². The maximum Gasteiger partial charge on any atom is 0.222 e. The number of rotatable bonds is 4. The molecule has 138 valence electrons. The number of nitrogens with zero attached hydrogens (tertiary/aromatic N) is 4. The summed E-state index contributed by atoms with van der Waals surface area (Å²) in [6, 6.07) is 5.91. The van der Waals surface area contributed by atoms with Gasteiger partial charge in [0.25, 0.3) is 0 Å². The van der Waals surface area contributed by atoms with Crippen molar-refractivity contribution in [3.63, 3.8) is 0 Å². The minimum absolute atomic E-state index is 0.182. The molecule has 0 bridgehead atoms. The van der Waals surface area contributed by atoms with Gasteiger partial charge in [0.2, 0.25) is 5.95 Å². The lowest BCUT2D eigenvalue weighted by Gasteiger charge is -2.34. The van der Waals surface area contributed by atoms with Crippen molar-refractivity contribution < 1.29 is 4.74 Å². The summed E-state index contributed by atoms with van der Waals surface area (Å²) < 4.78 is 6.13. The van der Waals surface area contributed by atoms with Crippen LogP contribution >= 0.6 is 0 Å². The van der Waals surface area contributed by atoms with E-state index in [-0.39, 0.29) is 6.10 Å². The summed E-state index contributed by atoms with van der Waals surface area (Å²) in [4.78, 5) is 15.8. The zero-order valence-electron chi connectivity index (χ0n) is 15.0. The molecule has 4 rings (SSSR count). The largest absolute Gasteiger partial charge is 0.370 e. The van der Waals surface area contributed by atoms with E-state index >= 15 is 0 Å². The molecule has 0 saturated carbocycles. The fraction of sp³-hybridized carbons (Fsp3) is 0.526. The van der Waals surface area contributed by atoms with Gasteiger partial charge in [-0.25, -0.2) is 4.98 Å². The van der Waals surface area contributed by atoms with Crippen molar-refractivity contribution in [3.8, 4) is 0 Å². The first-order valence-corrected chi connectivity index (χ1v) is 9.42. The van der Waals surface area contributed by atoms with Gasteiger partial charge >= 0.3 is 0 Å². The molecule has 1 atom stereocenters. The van der Waals surface area contributed by atoms with Crippen molar-refractivity contribution in [1.82, 2.24) is 20.3 Å². The highest BCUT2D eigenvalue weighted by Gasteiger charge is 2.26. The Morgan fingerprint density at radius 3 is 3.04 bits per heavy atom. The number of fused-ring (bicyclic) bond motifs is 1. The Balaban J connectivity index is 1.48. The third-order valence-corrected chi connectivity index (χ3v) is 5.05. The molecule has 1 saturated heterocycles. The molecule has 0 aromatic carbocycles. The van der Waals surface area contributed by atoms with Gasteiger partial charge in [0, 0.05) is 37.8 Å². The number of ether oxygens (including phenoxy) is 1. The van der Waals surface area contributed by atoms with Gasteiger partial charge in [-0.2, -0.15) is 4.98 Å². The Morgan fingerprint density at radius 1 is 1.23 bits per heavy atom. The lowest BCUT2D eigenvalue weighted by atomic mass is 10.0. The lowest BCUT2D eigenvalue weighted by molar-refractivity contribution is 0.0297. The predicted molar refractivity (Wildman–Crippen MR) is 101 cm³/mol. The Kier molecular flexibility index (Phi) is 5.26. The second kappa shape index (κ2) is 7.97. The standard InChI is InChI=1S/C19H26N6O/c20-19-23-17-7-10-21-9-6-16(17)18(24-19)25-11-3-5-15(12-25)26-13-14-4-1-2-8-22-14/h1-2,4,8,15,21H,3,5-7,9-13H2,(H2,20,23,24)/t15-/m0/s1. The number of piperidine rings is 1. The zero-order valence-corrected chi connectivity index (χ0v) is 15.0. The fourth-order valence-electron chi connectivity index (χ4n) is 3.76. The fourth-order valence-corrected chi connectivity index (χ4v) is 3.76. The average Bonchev–Trinajstić information content (AvgIpc) is 2.92. The van der Waals surface area contributed by atoms with Crippen LogP contribution in [0.5, 0.6) is 0 Å².